The lowest BCUT2D eigenvalue weighted by molar-refractivity contribution is 0.592. The SMILES string of the molecule is C/C(=C\Cl)CN[C@H](C)c1ccccn1. The minimum atomic E-state index is 0.253. The van der Waals surface area contributed by atoms with Crippen molar-refractivity contribution in [1.82, 2.24) is 10.3 Å². The highest BCUT2D eigenvalue weighted by Crippen LogP contribution is 2.08. The van der Waals surface area contributed by atoms with Gasteiger partial charge in [0.15, 0.2) is 0 Å². The number of nitrogens with one attached hydrogen (secondary N) is 1. The highest BCUT2D eigenvalue weighted by Gasteiger charge is 2.04. The van der Waals surface area contributed by atoms with E-state index >= 15 is 0 Å². The zero-order valence-corrected chi connectivity index (χ0v) is 9.25. The van der Waals surface area contributed by atoms with Gasteiger partial charge >= 0.3 is 0 Å². The lowest BCUT2D eigenvalue weighted by atomic mass is 10.2. The Labute approximate surface area is 90.0 Å². The van der Waals surface area contributed by atoms with Crippen molar-refractivity contribution >= 4 is 11.6 Å². The Kier molecular flexibility index (Phi) is 4.63. The number of hydrogen-bond acceptors (Lipinski definition) is 2. The lowest BCUT2D eigenvalue weighted by Gasteiger charge is -2.12. The molecule has 14 heavy (non-hydrogen) atoms. The molecule has 0 aliphatic carbocycles. The summed E-state index contributed by atoms with van der Waals surface area (Å²) in [7, 11) is 0. The van der Waals surface area contributed by atoms with Gasteiger partial charge in [-0.2, -0.15) is 0 Å². The fourth-order valence-corrected chi connectivity index (χ4v) is 1.17. The van der Waals surface area contributed by atoms with E-state index in [4.69, 9.17) is 11.6 Å². The first-order valence-corrected chi connectivity index (χ1v) is 5.08. The Morgan fingerprint density at radius 2 is 2.43 bits per heavy atom. The topological polar surface area (TPSA) is 24.9 Å². The summed E-state index contributed by atoms with van der Waals surface area (Å²) in [4.78, 5) is 4.27. The van der Waals surface area contributed by atoms with Crippen LogP contribution in [0, 0.1) is 0 Å². The van der Waals surface area contributed by atoms with Crippen molar-refractivity contribution in [2.75, 3.05) is 6.54 Å². The number of nitrogens with zero attached hydrogens (tertiary/aromatic N) is 1. The molecule has 1 aromatic heterocycles. The second-order valence-electron chi connectivity index (χ2n) is 3.31. The fourth-order valence-electron chi connectivity index (χ4n) is 1.09. The van der Waals surface area contributed by atoms with Crippen LogP contribution >= 0.6 is 11.6 Å². The normalized spacial score (nSPS) is 14.1. The van der Waals surface area contributed by atoms with Crippen LogP contribution in [0.15, 0.2) is 35.5 Å². The van der Waals surface area contributed by atoms with Crippen molar-refractivity contribution in [2.24, 2.45) is 0 Å². The van der Waals surface area contributed by atoms with Gasteiger partial charge in [0.05, 0.1) is 5.69 Å². The Balaban J connectivity index is 2.47. The molecule has 0 bridgehead atoms. The molecule has 1 rings (SSSR count). The molecule has 0 saturated heterocycles. The van der Waals surface area contributed by atoms with Crippen molar-refractivity contribution in [3.63, 3.8) is 0 Å². The van der Waals surface area contributed by atoms with Gasteiger partial charge in [-0.1, -0.05) is 17.7 Å². The minimum absolute atomic E-state index is 0.253. The zero-order valence-electron chi connectivity index (χ0n) is 8.50. The van der Waals surface area contributed by atoms with E-state index in [1.807, 2.05) is 25.1 Å². The van der Waals surface area contributed by atoms with Crippen molar-refractivity contribution in [2.45, 2.75) is 19.9 Å². The van der Waals surface area contributed by atoms with Gasteiger partial charge in [0, 0.05) is 24.3 Å². The van der Waals surface area contributed by atoms with Gasteiger partial charge < -0.3 is 5.32 Å². The molecule has 0 aliphatic heterocycles. The van der Waals surface area contributed by atoms with Gasteiger partial charge in [-0.25, -0.2) is 0 Å². The van der Waals surface area contributed by atoms with Gasteiger partial charge in [-0.15, -0.1) is 0 Å². The predicted octanol–water partition coefficient (Wildman–Crippen LogP) is 2.87. The average molecular weight is 211 g/mol. The van der Waals surface area contributed by atoms with Gasteiger partial charge in [-0.05, 0) is 31.6 Å². The third kappa shape index (κ3) is 3.48. The molecule has 0 fully saturated rings. The van der Waals surface area contributed by atoms with E-state index in [1.165, 1.54) is 0 Å². The number of hydrogen-bond donors (Lipinski definition) is 1. The molecule has 0 radical (unpaired) electrons. The molecule has 1 atom stereocenters. The maximum Gasteiger partial charge on any atom is 0.0570 e. The van der Waals surface area contributed by atoms with E-state index < -0.39 is 0 Å². The summed E-state index contributed by atoms with van der Waals surface area (Å²) in [6.45, 7) is 4.87. The molecule has 0 amide bonds. The summed E-state index contributed by atoms with van der Waals surface area (Å²) >= 11 is 5.56. The van der Waals surface area contributed by atoms with E-state index in [2.05, 4.69) is 17.2 Å². The van der Waals surface area contributed by atoms with Crippen molar-refractivity contribution in [3.05, 3.63) is 41.2 Å². The lowest BCUT2D eigenvalue weighted by Crippen LogP contribution is -2.21. The van der Waals surface area contributed by atoms with Crippen LogP contribution < -0.4 is 5.32 Å². The van der Waals surface area contributed by atoms with E-state index in [0.717, 1.165) is 17.8 Å². The highest BCUT2D eigenvalue weighted by atomic mass is 35.5. The predicted molar refractivity (Wildman–Crippen MR) is 60.3 cm³/mol. The Morgan fingerprint density at radius 3 is 3.00 bits per heavy atom. The second kappa shape index (κ2) is 5.78. The molecule has 1 heterocycles. The maximum absolute atomic E-state index is 5.56. The minimum Gasteiger partial charge on any atom is -0.305 e. The number of rotatable bonds is 4. The van der Waals surface area contributed by atoms with Crippen LogP contribution in [0.25, 0.3) is 0 Å². The number of halogens is 1. The summed E-state index contributed by atoms with van der Waals surface area (Å²) in [6, 6.07) is 6.17. The van der Waals surface area contributed by atoms with Crippen LogP contribution in [0.4, 0.5) is 0 Å². The summed E-state index contributed by atoms with van der Waals surface area (Å²) in [5.74, 6) is 0. The molecule has 3 heteroatoms. The van der Waals surface area contributed by atoms with Crippen molar-refractivity contribution in [3.8, 4) is 0 Å². The van der Waals surface area contributed by atoms with Crippen molar-refractivity contribution < 1.29 is 0 Å². The quantitative estimate of drug-likeness (QED) is 0.827. The molecule has 76 valence electrons. The molecule has 0 aromatic carbocycles. The number of aromatic nitrogens is 1. The first-order valence-electron chi connectivity index (χ1n) is 4.64. The van der Waals surface area contributed by atoms with Crippen LogP contribution in [-0.4, -0.2) is 11.5 Å². The van der Waals surface area contributed by atoms with E-state index in [9.17, 15) is 0 Å². The Morgan fingerprint density at radius 1 is 1.64 bits per heavy atom. The van der Waals surface area contributed by atoms with Crippen LogP contribution in [0.3, 0.4) is 0 Å². The van der Waals surface area contributed by atoms with Crippen molar-refractivity contribution in [1.29, 1.82) is 0 Å². The van der Waals surface area contributed by atoms with E-state index in [1.54, 1.807) is 11.7 Å². The second-order valence-corrected chi connectivity index (χ2v) is 3.53. The molecule has 1 N–H and O–H groups in total. The summed E-state index contributed by atoms with van der Waals surface area (Å²) < 4.78 is 0. The number of pyridine rings is 1. The molecule has 0 saturated carbocycles. The van der Waals surface area contributed by atoms with Gasteiger partial charge in [-0.3, -0.25) is 4.98 Å². The van der Waals surface area contributed by atoms with Gasteiger partial charge in [0.25, 0.3) is 0 Å². The summed E-state index contributed by atoms with van der Waals surface area (Å²) in [6.07, 6.45) is 1.80. The van der Waals surface area contributed by atoms with Gasteiger partial charge in [0.1, 0.15) is 0 Å². The molecular weight excluding hydrogens is 196 g/mol. The smallest absolute Gasteiger partial charge is 0.0570 e. The van der Waals surface area contributed by atoms with E-state index in [-0.39, 0.29) is 6.04 Å². The largest absolute Gasteiger partial charge is 0.305 e. The average Bonchev–Trinajstić information content (AvgIpc) is 2.26. The molecule has 2 nitrogen and oxygen atoms in total. The van der Waals surface area contributed by atoms with Gasteiger partial charge in [0.2, 0.25) is 0 Å². The van der Waals surface area contributed by atoms with Crippen LogP contribution in [0.1, 0.15) is 25.6 Å². The highest BCUT2D eigenvalue weighted by molar-refractivity contribution is 6.25. The first kappa shape index (κ1) is 11.2. The molecular formula is C11H15ClN2. The van der Waals surface area contributed by atoms with Crippen LogP contribution in [-0.2, 0) is 0 Å². The summed E-state index contributed by atoms with van der Waals surface area (Å²) in [5, 5.41) is 3.33. The Hall–Kier alpha value is -0.860. The molecule has 0 aliphatic rings. The fraction of sp³-hybridized carbons (Fsp3) is 0.364. The van der Waals surface area contributed by atoms with Crippen LogP contribution in [0.5, 0.6) is 0 Å². The first-order chi connectivity index (χ1) is 6.74. The molecule has 1 aromatic rings. The molecule has 0 unspecified atom stereocenters. The zero-order chi connectivity index (χ0) is 10.4. The third-order valence-electron chi connectivity index (χ3n) is 2.00. The Bertz CT molecular complexity index is 295. The summed E-state index contributed by atoms with van der Waals surface area (Å²) in [5.41, 5.74) is 3.77. The van der Waals surface area contributed by atoms with Crippen LogP contribution in [0.2, 0.25) is 0 Å². The third-order valence-corrected chi connectivity index (χ3v) is 2.38. The maximum atomic E-state index is 5.56. The monoisotopic (exact) mass is 210 g/mol. The standard InChI is InChI=1S/C11H15ClN2/c1-9(7-12)8-14-10(2)11-5-3-4-6-13-11/h3-7,10,14H,8H2,1-2H3/b9-7+/t10-/m1/s1. The van der Waals surface area contributed by atoms with E-state index in [0.29, 0.717) is 0 Å². The molecule has 0 spiro atoms.